The number of aromatic nitrogens is 2. The molecule has 1 aromatic carbocycles. The number of rotatable bonds is 6. The van der Waals surface area contributed by atoms with Gasteiger partial charge in [-0.15, -0.1) is 5.10 Å². The Labute approximate surface area is 138 Å². The first-order valence-corrected chi connectivity index (χ1v) is 8.59. The van der Waals surface area contributed by atoms with Crippen LogP contribution < -0.4 is 10.1 Å². The molecule has 0 aliphatic heterocycles. The van der Waals surface area contributed by atoms with Crippen LogP contribution >= 0.6 is 27.3 Å². The topological polar surface area (TPSA) is 47.0 Å². The molecule has 0 amide bonds. The molecule has 0 radical (unpaired) electrons. The molecule has 0 spiro atoms. The summed E-state index contributed by atoms with van der Waals surface area (Å²) in [5, 5.41) is 13.1. The van der Waals surface area contributed by atoms with E-state index in [-0.39, 0.29) is 0 Å². The van der Waals surface area contributed by atoms with E-state index in [1.807, 2.05) is 12.1 Å². The van der Waals surface area contributed by atoms with Gasteiger partial charge in [-0.05, 0) is 29.7 Å². The van der Waals surface area contributed by atoms with E-state index < -0.39 is 0 Å². The van der Waals surface area contributed by atoms with E-state index in [0.29, 0.717) is 17.2 Å². The van der Waals surface area contributed by atoms with E-state index in [4.69, 9.17) is 4.74 Å². The lowest BCUT2D eigenvalue weighted by Gasteiger charge is -2.12. The van der Waals surface area contributed by atoms with E-state index in [1.54, 1.807) is 0 Å². The normalized spacial score (nSPS) is 11.4. The fourth-order valence-corrected chi connectivity index (χ4v) is 2.83. The minimum atomic E-state index is 0.382. The molecule has 114 valence electrons. The molecule has 21 heavy (non-hydrogen) atoms. The molecule has 2 aromatic rings. The van der Waals surface area contributed by atoms with Gasteiger partial charge in [0.05, 0.1) is 6.54 Å². The second-order valence-electron chi connectivity index (χ2n) is 5.44. The molecule has 1 aromatic heterocycles. The summed E-state index contributed by atoms with van der Waals surface area (Å²) in [5.74, 6) is 1.22. The molecule has 0 aliphatic rings. The van der Waals surface area contributed by atoms with Crippen molar-refractivity contribution in [3.05, 3.63) is 33.2 Å². The highest BCUT2D eigenvalue weighted by Crippen LogP contribution is 2.33. The van der Waals surface area contributed by atoms with Crippen molar-refractivity contribution in [2.75, 3.05) is 0 Å². The molecule has 6 heteroatoms. The third-order valence-electron chi connectivity index (χ3n) is 2.90. The third kappa shape index (κ3) is 4.76. The predicted molar refractivity (Wildman–Crippen MR) is 90.2 cm³/mol. The Kier molecular flexibility index (Phi) is 5.72. The summed E-state index contributed by atoms with van der Waals surface area (Å²) in [7, 11) is 0. The van der Waals surface area contributed by atoms with Gasteiger partial charge < -0.3 is 10.1 Å². The first-order valence-electron chi connectivity index (χ1n) is 6.98. The highest BCUT2D eigenvalue weighted by molar-refractivity contribution is 9.10. The number of ether oxygens (including phenoxy) is 1. The van der Waals surface area contributed by atoms with Gasteiger partial charge in [0, 0.05) is 10.5 Å². The monoisotopic (exact) mass is 369 g/mol. The zero-order chi connectivity index (χ0) is 15.4. The quantitative estimate of drug-likeness (QED) is 0.800. The van der Waals surface area contributed by atoms with Crippen LogP contribution in [0, 0.1) is 0 Å². The molecule has 0 bridgehead atoms. The van der Waals surface area contributed by atoms with Crippen LogP contribution in [0.2, 0.25) is 0 Å². The Morgan fingerprint density at radius 1 is 1.24 bits per heavy atom. The van der Waals surface area contributed by atoms with Gasteiger partial charge in [0.2, 0.25) is 0 Å². The Bertz CT molecular complexity index is 598. The fraction of sp³-hybridized carbons (Fsp3) is 0.467. The Balaban J connectivity index is 2.11. The fourth-order valence-electron chi connectivity index (χ4n) is 1.80. The van der Waals surface area contributed by atoms with Crippen molar-refractivity contribution in [1.82, 2.24) is 15.5 Å². The summed E-state index contributed by atoms with van der Waals surface area (Å²) in [4.78, 5) is 0. The zero-order valence-corrected chi connectivity index (χ0v) is 15.1. The van der Waals surface area contributed by atoms with Crippen molar-refractivity contribution in [2.24, 2.45) is 0 Å². The molecule has 2 rings (SSSR count). The van der Waals surface area contributed by atoms with E-state index in [1.165, 1.54) is 11.3 Å². The number of benzene rings is 1. The Morgan fingerprint density at radius 3 is 2.67 bits per heavy atom. The maximum Gasteiger partial charge on any atom is 0.299 e. The lowest BCUT2D eigenvalue weighted by Crippen LogP contribution is -2.21. The van der Waals surface area contributed by atoms with Gasteiger partial charge in [-0.2, -0.15) is 0 Å². The average molecular weight is 370 g/mol. The number of hydrogen-bond acceptors (Lipinski definition) is 5. The molecule has 0 aliphatic carbocycles. The second kappa shape index (κ2) is 7.33. The minimum Gasteiger partial charge on any atom is -0.429 e. The summed E-state index contributed by atoms with van der Waals surface area (Å²) in [6.07, 6.45) is 0. The van der Waals surface area contributed by atoms with Crippen molar-refractivity contribution in [1.29, 1.82) is 0 Å². The first kappa shape index (κ1) is 16.4. The highest BCUT2D eigenvalue weighted by atomic mass is 79.9. The van der Waals surface area contributed by atoms with Crippen LogP contribution in [-0.4, -0.2) is 16.2 Å². The third-order valence-corrected chi connectivity index (χ3v) is 4.20. The van der Waals surface area contributed by atoms with E-state index in [2.05, 4.69) is 65.2 Å². The molecular formula is C15H20BrN3OS. The van der Waals surface area contributed by atoms with E-state index in [0.717, 1.165) is 27.3 Å². The van der Waals surface area contributed by atoms with Gasteiger partial charge in [0.25, 0.3) is 5.19 Å². The lowest BCUT2D eigenvalue weighted by atomic mass is 10.0. The maximum absolute atomic E-state index is 5.91. The average Bonchev–Trinajstić information content (AvgIpc) is 2.86. The molecule has 4 nitrogen and oxygen atoms in total. The van der Waals surface area contributed by atoms with Crippen molar-refractivity contribution >= 4 is 27.3 Å². The molecule has 0 atom stereocenters. The zero-order valence-electron chi connectivity index (χ0n) is 12.7. The maximum atomic E-state index is 5.91. The molecule has 0 unspecified atom stereocenters. The van der Waals surface area contributed by atoms with Crippen LogP contribution in [-0.2, 0) is 6.54 Å². The van der Waals surface area contributed by atoms with Crippen LogP contribution in [0.1, 0.15) is 44.2 Å². The van der Waals surface area contributed by atoms with E-state index >= 15 is 0 Å². The summed E-state index contributed by atoms with van der Waals surface area (Å²) in [6.45, 7) is 9.22. The van der Waals surface area contributed by atoms with Crippen molar-refractivity contribution in [3.63, 3.8) is 0 Å². The van der Waals surface area contributed by atoms with Gasteiger partial charge in [-0.1, -0.05) is 60.1 Å². The number of nitrogens with zero attached hydrogens (tertiary/aromatic N) is 2. The summed E-state index contributed by atoms with van der Waals surface area (Å²) >= 11 is 4.97. The Morgan fingerprint density at radius 2 is 2.00 bits per heavy atom. The highest BCUT2D eigenvalue weighted by Gasteiger charge is 2.12. The number of halogens is 1. The second-order valence-corrected chi connectivity index (χ2v) is 7.38. The van der Waals surface area contributed by atoms with Gasteiger partial charge in [0.15, 0.2) is 0 Å². The van der Waals surface area contributed by atoms with Gasteiger partial charge >= 0.3 is 0 Å². The summed E-state index contributed by atoms with van der Waals surface area (Å²) < 4.78 is 6.96. The number of hydrogen-bond donors (Lipinski definition) is 1. The molecule has 1 N–H and O–H groups in total. The van der Waals surface area contributed by atoms with Crippen molar-refractivity contribution in [2.45, 2.75) is 46.2 Å². The van der Waals surface area contributed by atoms with Gasteiger partial charge in [-0.3, -0.25) is 0 Å². The summed E-state index contributed by atoms with van der Waals surface area (Å²) in [6, 6.07) is 6.45. The van der Waals surface area contributed by atoms with Gasteiger partial charge in [0.1, 0.15) is 10.8 Å². The Hall–Kier alpha value is -0.980. The molecule has 0 fully saturated rings. The first-order chi connectivity index (χ1) is 9.95. The number of nitrogens with one attached hydrogen (secondary N) is 1. The molecule has 0 saturated heterocycles. The SMILES string of the molecule is CC(C)NCc1nnc(Oc2ccc(Br)cc2C(C)C)s1. The van der Waals surface area contributed by atoms with Crippen LogP contribution in [0.4, 0.5) is 0 Å². The molecule has 1 heterocycles. The molecular weight excluding hydrogens is 350 g/mol. The van der Waals surface area contributed by atoms with Crippen LogP contribution in [0.25, 0.3) is 0 Å². The van der Waals surface area contributed by atoms with Crippen LogP contribution in [0.3, 0.4) is 0 Å². The van der Waals surface area contributed by atoms with Crippen LogP contribution in [0.15, 0.2) is 22.7 Å². The van der Waals surface area contributed by atoms with Gasteiger partial charge in [-0.25, -0.2) is 0 Å². The minimum absolute atomic E-state index is 0.382. The lowest BCUT2D eigenvalue weighted by molar-refractivity contribution is 0.464. The van der Waals surface area contributed by atoms with Crippen LogP contribution in [0.5, 0.6) is 10.9 Å². The van der Waals surface area contributed by atoms with E-state index in [9.17, 15) is 0 Å². The van der Waals surface area contributed by atoms with Crippen molar-refractivity contribution in [3.8, 4) is 10.9 Å². The standard InChI is InChI=1S/C15H20BrN3OS/c1-9(2)12-7-11(16)5-6-13(12)20-15-19-18-14(21-15)8-17-10(3)4/h5-7,9-10,17H,8H2,1-4H3. The summed E-state index contributed by atoms with van der Waals surface area (Å²) in [5.41, 5.74) is 1.15. The smallest absolute Gasteiger partial charge is 0.299 e. The largest absolute Gasteiger partial charge is 0.429 e. The predicted octanol–water partition coefficient (Wildman–Crippen LogP) is 4.71. The molecule has 0 saturated carbocycles. The van der Waals surface area contributed by atoms with Crippen molar-refractivity contribution < 1.29 is 4.74 Å².